The summed E-state index contributed by atoms with van der Waals surface area (Å²) in [5.74, 6) is -0.242. The highest BCUT2D eigenvalue weighted by Gasteiger charge is 2.17. The number of hydrogen-bond donors (Lipinski definition) is 2. The van der Waals surface area contributed by atoms with Crippen molar-refractivity contribution in [2.75, 3.05) is 6.54 Å². The molecule has 110 valence electrons. The number of nitrogens with one attached hydrogen (secondary N) is 2. The third-order valence-corrected chi connectivity index (χ3v) is 3.11. The largest absolute Gasteiger partial charge is 0.356 e. The lowest BCUT2D eigenvalue weighted by atomic mass is 10.0. The van der Waals surface area contributed by atoms with Crippen molar-refractivity contribution in [1.29, 1.82) is 0 Å². The Bertz CT molecular complexity index is 463. The average Bonchev–Trinajstić information content (AvgIpc) is 2.38. The molecule has 1 unspecified atom stereocenters. The Labute approximate surface area is 124 Å². The second-order valence-electron chi connectivity index (χ2n) is 4.72. The summed E-state index contributed by atoms with van der Waals surface area (Å²) in [5.41, 5.74) is 0.832. The van der Waals surface area contributed by atoms with Crippen LogP contribution in [0.2, 0.25) is 5.02 Å². The van der Waals surface area contributed by atoms with Crippen molar-refractivity contribution in [3.63, 3.8) is 0 Å². The minimum Gasteiger partial charge on any atom is -0.356 e. The van der Waals surface area contributed by atoms with Crippen LogP contribution in [0.4, 0.5) is 0 Å². The molecule has 0 aliphatic heterocycles. The predicted octanol–water partition coefficient (Wildman–Crippen LogP) is 2.82. The zero-order valence-corrected chi connectivity index (χ0v) is 12.7. The predicted molar refractivity (Wildman–Crippen MR) is 80.5 cm³/mol. The van der Waals surface area contributed by atoms with Gasteiger partial charge in [-0.1, -0.05) is 37.1 Å². The zero-order valence-electron chi connectivity index (χ0n) is 11.9. The van der Waals surface area contributed by atoms with Crippen molar-refractivity contribution >= 4 is 23.4 Å². The number of amides is 2. The minimum atomic E-state index is -0.354. The minimum absolute atomic E-state index is 0.0721. The van der Waals surface area contributed by atoms with Crippen LogP contribution in [0, 0.1) is 0 Å². The summed E-state index contributed by atoms with van der Waals surface area (Å²) in [5, 5.41) is 6.22. The molecule has 4 nitrogen and oxygen atoms in total. The first-order chi connectivity index (χ1) is 9.52. The van der Waals surface area contributed by atoms with E-state index in [1.165, 1.54) is 6.92 Å². The molecule has 1 aromatic rings. The molecular formula is C15H21ClN2O2. The van der Waals surface area contributed by atoms with Gasteiger partial charge in [0.1, 0.15) is 0 Å². The molecule has 5 heteroatoms. The third-order valence-electron chi connectivity index (χ3n) is 2.87. The van der Waals surface area contributed by atoms with E-state index in [9.17, 15) is 9.59 Å². The summed E-state index contributed by atoms with van der Waals surface area (Å²) in [6, 6.07) is 6.83. The summed E-state index contributed by atoms with van der Waals surface area (Å²) in [7, 11) is 0. The Morgan fingerprint density at radius 2 is 2.10 bits per heavy atom. The smallest absolute Gasteiger partial charge is 0.222 e. The van der Waals surface area contributed by atoms with E-state index < -0.39 is 0 Å². The number of carbonyl (C=O) groups is 2. The van der Waals surface area contributed by atoms with Gasteiger partial charge in [-0.25, -0.2) is 0 Å². The van der Waals surface area contributed by atoms with Crippen LogP contribution >= 0.6 is 11.6 Å². The van der Waals surface area contributed by atoms with Gasteiger partial charge < -0.3 is 10.6 Å². The molecule has 0 radical (unpaired) electrons. The molecule has 2 N–H and O–H groups in total. The lowest BCUT2D eigenvalue weighted by molar-refractivity contribution is -0.122. The first-order valence-corrected chi connectivity index (χ1v) is 7.20. The lowest BCUT2D eigenvalue weighted by Gasteiger charge is -2.18. The normalized spacial score (nSPS) is 11.8. The number of halogens is 1. The molecule has 0 aliphatic carbocycles. The van der Waals surface area contributed by atoms with Crippen LogP contribution in [-0.4, -0.2) is 18.4 Å². The molecule has 0 aromatic heterocycles. The van der Waals surface area contributed by atoms with Crippen LogP contribution in [0.15, 0.2) is 24.3 Å². The van der Waals surface area contributed by atoms with Crippen LogP contribution in [-0.2, 0) is 9.59 Å². The van der Waals surface area contributed by atoms with Gasteiger partial charge in [-0.15, -0.1) is 0 Å². The van der Waals surface area contributed by atoms with Crippen molar-refractivity contribution in [2.45, 2.75) is 39.2 Å². The van der Waals surface area contributed by atoms with Gasteiger partial charge in [-0.2, -0.15) is 0 Å². The summed E-state index contributed by atoms with van der Waals surface area (Å²) < 4.78 is 0. The van der Waals surface area contributed by atoms with Crippen molar-refractivity contribution in [3.05, 3.63) is 34.9 Å². The highest BCUT2D eigenvalue weighted by Crippen LogP contribution is 2.20. The molecule has 1 atom stereocenters. The van der Waals surface area contributed by atoms with E-state index in [4.69, 9.17) is 11.6 Å². The van der Waals surface area contributed by atoms with E-state index in [1.807, 2.05) is 12.1 Å². The van der Waals surface area contributed by atoms with Gasteiger partial charge in [0.15, 0.2) is 0 Å². The molecule has 1 rings (SSSR count). The highest BCUT2D eigenvalue weighted by atomic mass is 35.5. The van der Waals surface area contributed by atoms with Crippen molar-refractivity contribution < 1.29 is 9.59 Å². The Morgan fingerprint density at radius 3 is 2.70 bits per heavy atom. The second kappa shape index (κ2) is 8.59. The summed E-state index contributed by atoms with van der Waals surface area (Å²) in [6.45, 7) is 4.17. The summed E-state index contributed by atoms with van der Waals surface area (Å²) >= 11 is 5.95. The second-order valence-corrected chi connectivity index (χ2v) is 5.15. The first kappa shape index (κ1) is 16.5. The van der Waals surface area contributed by atoms with E-state index in [0.29, 0.717) is 11.6 Å². The quantitative estimate of drug-likeness (QED) is 0.760. The van der Waals surface area contributed by atoms with Gasteiger partial charge in [0.2, 0.25) is 11.8 Å². The van der Waals surface area contributed by atoms with Crippen molar-refractivity contribution in [2.24, 2.45) is 0 Å². The fraction of sp³-hybridized carbons (Fsp3) is 0.467. The van der Waals surface area contributed by atoms with Gasteiger partial charge in [0.25, 0.3) is 0 Å². The molecule has 0 saturated carbocycles. The number of unbranched alkanes of at least 4 members (excludes halogenated alkanes) is 1. The SMILES string of the molecule is CCCCNC(=O)CC(NC(C)=O)c1cccc(Cl)c1. The average molecular weight is 297 g/mol. The molecule has 1 aromatic carbocycles. The molecule has 0 spiro atoms. The summed E-state index contributed by atoms with van der Waals surface area (Å²) in [6.07, 6.45) is 2.20. The van der Waals surface area contributed by atoms with Gasteiger partial charge in [-0.05, 0) is 24.1 Å². The topological polar surface area (TPSA) is 58.2 Å². The van der Waals surface area contributed by atoms with E-state index in [2.05, 4.69) is 17.6 Å². The van der Waals surface area contributed by atoms with E-state index in [-0.39, 0.29) is 24.3 Å². The van der Waals surface area contributed by atoms with E-state index >= 15 is 0 Å². The lowest BCUT2D eigenvalue weighted by Crippen LogP contribution is -2.33. The van der Waals surface area contributed by atoms with Gasteiger partial charge >= 0.3 is 0 Å². The molecule has 2 amide bonds. The number of hydrogen-bond acceptors (Lipinski definition) is 2. The number of benzene rings is 1. The van der Waals surface area contributed by atoms with E-state index in [0.717, 1.165) is 18.4 Å². The summed E-state index contributed by atoms with van der Waals surface area (Å²) in [4.78, 5) is 23.2. The maximum absolute atomic E-state index is 11.9. The monoisotopic (exact) mass is 296 g/mol. The first-order valence-electron chi connectivity index (χ1n) is 6.82. The fourth-order valence-electron chi connectivity index (χ4n) is 1.88. The zero-order chi connectivity index (χ0) is 15.0. The number of rotatable bonds is 7. The van der Waals surface area contributed by atoms with Crippen molar-refractivity contribution in [3.8, 4) is 0 Å². The molecule has 0 saturated heterocycles. The van der Waals surface area contributed by atoms with Crippen LogP contribution in [0.3, 0.4) is 0 Å². The van der Waals surface area contributed by atoms with E-state index in [1.54, 1.807) is 12.1 Å². The van der Waals surface area contributed by atoms with Crippen molar-refractivity contribution in [1.82, 2.24) is 10.6 Å². The Kier molecular flexibility index (Phi) is 7.09. The fourth-order valence-corrected chi connectivity index (χ4v) is 2.08. The molecule has 0 heterocycles. The molecule has 20 heavy (non-hydrogen) atoms. The number of carbonyl (C=O) groups excluding carboxylic acids is 2. The van der Waals surface area contributed by atoms with Gasteiger partial charge in [-0.3, -0.25) is 9.59 Å². The molecule has 0 fully saturated rings. The standard InChI is InChI=1S/C15H21ClN2O2/c1-3-4-8-17-15(20)10-14(18-11(2)19)12-6-5-7-13(16)9-12/h5-7,9,14H,3-4,8,10H2,1-2H3,(H,17,20)(H,18,19). The molecule has 0 aliphatic rings. The maximum Gasteiger partial charge on any atom is 0.222 e. The van der Waals surface area contributed by atoms with Gasteiger partial charge in [0.05, 0.1) is 12.5 Å². The van der Waals surface area contributed by atoms with Crippen LogP contribution in [0.5, 0.6) is 0 Å². The Balaban J connectivity index is 2.69. The Morgan fingerprint density at radius 1 is 1.35 bits per heavy atom. The molecule has 0 bridgehead atoms. The third kappa shape index (κ3) is 6.06. The van der Waals surface area contributed by atoms with Crippen LogP contribution in [0.25, 0.3) is 0 Å². The van der Waals surface area contributed by atoms with Crippen LogP contribution in [0.1, 0.15) is 44.7 Å². The van der Waals surface area contributed by atoms with Crippen LogP contribution < -0.4 is 10.6 Å². The molecular weight excluding hydrogens is 276 g/mol. The van der Waals surface area contributed by atoms with Gasteiger partial charge in [0, 0.05) is 18.5 Å². The Hall–Kier alpha value is -1.55. The highest BCUT2D eigenvalue weighted by molar-refractivity contribution is 6.30. The maximum atomic E-state index is 11.9.